The van der Waals surface area contributed by atoms with Gasteiger partial charge in [0, 0.05) is 11.1 Å². The molecule has 0 amide bonds. The zero-order valence-electron chi connectivity index (χ0n) is 14.3. The first-order valence-electron chi connectivity index (χ1n) is 8.60. The van der Waals surface area contributed by atoms with Crippen molar-refractivity contribution in [2.24, 2.45) is 0 Å². The van der Waals surface area contributed by atoms with Gasteiger partial charge in [0.25, 0.3) is 0 Å². The molecule has 0 saturated carbocycles. The Morgan fingerprint density at radius 3 is 1.65 bits per heavy atom. The van der Waals surface area contributed by atoms with E-state index in [0.717, 1.165) is 38.9 Å². The first-order valence-corrected chi connectivity index (χ1v) is 8.60. The molecule has 26 heavy (non-hydrogen) atoms. The Morgan fingerprint density at radius 2 is 1.12 bits per heavy atom. The SMILES string of the molecule is C#Cc1c(-c2ccccc2)[c]c(-c2ccccc2)cc1-c1ccccc1. The Bertz CT molecular complexity index is 993. The van der Waals surface area contributed by atoms with Crippen LogP contribution >= 0.6 is 0 Å². The predicted octanol–water partition coefficient (Wildman–Crippen LogP) is 6.47. The van der Waals surface area contributed by atoms with E-state index in [1.807, 2.05) is 54.6 Å². The molecule has 4 aromatic rings. The lowest BCUT2D eigenvalue weighted by Crippen LogP contribution is -1.93. The fourth-order valence-corrected chi connectivity index (χ4v) is 3.17. The lowest BCUT2D eigenvalue weighted by atomic mass is 9.88. The molecule has 0 aliphatic rings. The van der Waals surface area contributed by atoms with E-state index in [9.17, 15) is 0 Å². The molecule has 0 atom stereocenters. The first kappa shape index (κ1) is 15.9. The summed E-state index contributed by atoms with van der Waals surface area (Å²) in [6.45, 7) is 0. The summed E-state index contributed by atoms with van der Waals surface area (Å²) in [4.78, 5) is 0. The van der Waals surface area contributed by atoms with Gasteiger partial charge in [-0.05, 0) is 39.9 Å². The second-order valence-electron chi connectivity index (χ2n) is 6.09. The Hall–Kier alpha value is -3.56. The third kappa shape index (κ3) is 3.04. The number of terminal acetylenes is 1. The van der Waals surface area contributed by atoms with Crippen LogP contribution < -0.4 is 0 Å². The molecular weight excluding hydrogens is 312 g/mol. The molecule has 0 aliphatic carbocycles. The van der Waals surface area contributed by atoms with E-state index in [0.29, 0.717) is 0 Å². The molecule has 0 N–H and O–H groups in total. The summed E-state index contributed by atoms with van der Waals surface area (Å²) in [6.07, 6.45) is 5.94. The van der Waals surface area contributed by atoms with Gasteiger partial charge in [0.1, 0.15) is 0 Å². The molecule has 0 spiro atoms. The van der Waals surface area contributed by atoms with Crippen LogP contribution in [0.2, 0.25) is 0 Å². The molecule has 0 unspecified atom stereocenters. The number of rotatable bonds is 3. The van der Waals surface area contributed by atoms with Crippen LogP contribution in [-0.2, 0) is 0 Å². The molecule has 0 nitrogen and oxygen atoms in total. The summed E-state index contributed by atoms with van der Waals surface area (Å²) < 4.78 is 0. The molecule has 0 fully saturated rings. The van der Waals surface area contributed by atoms with Gasteiger partial charge < -0.3 is 0 Å². The van der Waals surface area contributed by atoms with Crippen LogP contribution in [0.25, 0.3) is 33.4 Å². The molecule has 0 aromatic heterocycles. The van der Waals surface area contributed by atoms with E-state index in [4.69, 9.17) is 6.42 Å². The highest BCUT2D eigenvalue weighted by Crippen LogP contribution is 2.36. The van der Waals surface area contributed by atoms with Gasteiger partial charge in [-0.15, -0.1) is 6.42 Å². The monoisotopic (exact) mass is 329 g/mol. The van der Waals surface area contributed by atoms with Gasteiger partial charge in [0.05, 0.1) is 0 Å². The van der Waals surface area contributed by atoms with Crippen molar-refractivity contribution in [1.29, 1.82) is 0 Å². The Balaban J connectivity index is 2.03. The summed E-state index contributed by atoms with van der Waals surface area (Å²) in [5.74, 6) is 2.91. The lowest BCUT2D eigenvalue weighted by molar-refractivity contribution is 1.53. The molecular formula is C26H17. The lowest BCUT2D eigenvalue weighted by Gasteiger charge is -2.14. The molecule has 0 bridgehead atoms. The smallest absolute Gasteiger partial charge is 0.0406 e. The zero-order valence-corrected chi connectivity index (χ0v) is 14.3. The maximum Gasteiger partial charge on any atom is 0.0406 e. The van der Waals surface area contributed by atoms with Gasteiger partial charge in [0.15, 0.2) is 0 Å². The number of hydrogen-bond donors (Lipinski definition) is 0. The minimum absolute atomic E-state index is 0.877. The summed E-state index contributed by atoms with van der Waals surface area (Å²) in [5.41, 5.74) is 7.27. The average Bonchev–Trinajstić information content (AvgIpc) is 2.74. The highest BCUT2D eigenvalue weighted by atomic mass is 14.2. The van der Waals surface area contributed by atoms with Crippen molar-refractivity contribution in [3.63, 3.8) is 0 Å². The van der Waals surface area contributed by atoms with E-state index in [2.05, 4.69) is 54.5 Å². The second kappa shape index (κ2) is 7.13. The Morgan fingerprint density at radius 1 is 0.615 bits per heavy atom. The van der Waals surface area contributed by atoms with Gasteiger partial charge in [-0.25, -0.2) is 0 Å². The maximum atomic E-state index is 5.94. The third-order valence-corrected chi connectivity index (χ3v) is 4.44. The fraction of sp³-hybridized carbons (Fsp3) is 0. The molecule has 121 valence electrons. The van der Waals surface area contributed by atoms with Crippen LogP contribution in [0.4, 0.5) is 0 Å². The molecule has 0 heteroatoms. The quantitative estimate of drug-likeness (QED) is 0.378. The van der Waals surface area contributed by atoms with Crippen molar-refractivity contribution in [1.82, 2.24) is 0 Å². The molecule has 0 saturated heterocycles. The first-order chi connectivity index (χ1) is 12.9. The standard InChI is InChI=1S/C26H17/c1-2-24-25(21-14-8-4-9-15-21)18-23(20-12-6-3-7-13-20)19-26(24)22-16-10-5-11-17-22/h1,3-18H. The predicted molar refractivity (Wildman–Crippen MR) is 110 cm³/mol. The molecule has 0 heterocycles. The summed E-state index contributed by atoms with van der Waals surface area (Å²) in [6, 6.07) is 36.5. The van der Waals surface area contributed by atoms with Crippen molar-refractivity contribution in [2.45, 2.75) is 0 Å². The Labute approximate surface area is 154 Å². The van der Waals surface area contributed by atoms with E-state index in [1.54, 1.807) is 0 Å². The number of hydrogen-bond acceptors (Lipinski definition) is 0. The topological polar surface area (TPSA) is 0 Å². The maximum absolute atomic E-state index is 5.94. The van der Waals surface area contributed by atoms with Gasteiger partial charge in [-0.3, -0.25) is 0 Å². The second-order valence-corrected chi connectivity index (χ2v) is 6.09. The minimum Gasteiger partial charge on any atom is -0.115 e. The number of benzene rings is 4. The fourth-order valence-electron chi connectivity index (χ4n) is 3.17. The molecule has 4 aromatic carbocycles. The largest absolute Gasteiger partial charge is 0.115 e. The average molecular weight is 329 g/mol. The van der Waals surface area contributed by atoms with E-state index < -0.39 is 0 Å². The minimum atomic E-state index is 0.877. The third-order valence-electron chi connectivity index (χ3n) is 4.44. The van der Waals surface area contributed by atoms with Crippen LogP contribution in [0.5, 0.6) is 0 Å². The van der Waals surface area contributed by atoms with Crippen molar-refractivity contribution >= 4 is 0 Å². The Kier molecular flexibility index (Phi) is 4.37. The van der Waals surface area contributed by atoms with Gasteiger partial charge in [-0.2, -0.15) is 0 Å². The van der Waals surface area contributed by atoms with Crippen LogP contribution in [-0.4, -0.2) is 0 Å². The van der Waals surface area contributed by atoms with Crippen LogP contribution in [0.3, 0.4) is 0 Å². The van der Waals surface area contributed by atoms with Gasteiger partial charge in [-0.1, -0.05) is 96.9 Å². The normalized spacial score (nSPS) is 10.3. The van der Waals surface area contributed by atoms with Crippen molar-refractivity contribution in [3.05, 3.63) is 109 Å². The highest BCUT2D eigenvalue weighted by Gasteiger charge is 2.14. The molecule has 4 rings (SSSR count). The van der Waals surface area contributed by atoms with Crippen LogP contribution in [0.15, 0.2) is 97.1 Å². The molecule has 0 aliphatic heterocycles. The van der Waals surface area contributed by atoms with Crippen molar-refractivity contribution in [3.8, 4) is 45.7 Å². The summed E-state index contributed by atoms with van der Waals surface area (Å²) in [5, 5.41) is 0. The van der Waals surface area contributed by atoms with Crippen LogP contribution in [0, 0.1) is 18.4 Å². The van der Waals surface area contributed by atoms with Gasteiger partial charge >= 0.3 is 0 Å². The van der Waals surface area contributed by atoms with Gasteiger partial charge in [0.2, 0.25) is 0 Å². The van der Waals surface area contributed by atoms with E-state index >= 15 is 0 Å². The highest BCUT2D eigenvalue weighted by molar-refractivity contribution is 5.87. The molecule has 1 radical (unpaired) electrons. The van der Waals surface area contributed by atoms with Crippen molar-refractivity contribution < 1.29 is 0 Å². The van der Waals surface area contributed by atoms with Crippen molar-refractivity contribution in [2.75, 3.05) is 0 Å². The zero-order chi connectivity index (χ0) is 17.8. The van der Waals surface area contributed by atoms with E-state index in [1.165, 1.54) is 0 Å². The summed E-state index contributed by atoms with van der Waals surface area (Å²) in [7, 11) is 0. The summed E-state index contributed by atoms with van der Waals surface area (Å²) >= 11 is 0. The van der Waals surface area contributed by atoms with E-state index in [-0.39, 0.29) is 0 Å². The van der Waals surface area contributed by atoms with Crippen LogP contribution in [0.1, 0.15) is 5.56 Å².